The molecule has 0 atom stereocenters. The number of carbonyl (C=O) groups is 1. The summed E-state index contributed by atoms with van der Waals surface area (Å²) >= 11 is 1.33. The van der Waals surface area contributed by atoms with Crippen LogP contribution < -0.4 is 4.74 Å². The maximum Gasteiger partial charge on any atom is 0.348 e. The van der Waals surface area contributed by atoms with E-state index in [1.807, 2.05) is 43.7 Å². The van der Waals surface area contributed by atoms with Crippen LogP contribution in [0.15, 0.2) is 55.1 Å². The second-order valence-corrected chi connectivity index (χ2v) is 6.76. The lowest BCUT2D eigenvalue weighted by atomic mass is 10.1. The number of fused-ring (bicyclic) bond motifs is 1. The van der Waals surface area contributed by atoms with Gasteiger partial charge in [-0.25, -0.2) is 4.79 Å². The van der Waals surface area contributed by atoms with Crippen LogP contribution in [0.25, 0.3) is 21.2 Å². The van der Waals surface area contributed by atoms with E-state index in [2.05, 4.69) is 10.1 Å². The summed E-state index contributed by atoms with van der Waals surface area (Å²) in [4.78, 5) is 16.5. The third kappa shape index (κ3) is 3.04. The summed E-state index contributed by atoms with van der Waals surface area (Å²) in [5.41, 5.74) is 2.11. The number of esters is 1. The molecule has 0 saturated carbocycles. The van der Waals surface area contributed by atoms with E-state index in [4.69, 9.17) is 9.47 Å². The molecule has 0 bridgehead atoms. The number of aromatic nitrogens is 3. The van der Waals surface area contributed by atoms with Crippen LogP contribution in [0.3, 0.4) is 0 Å². The minimum atomic E-state index is -0.363. The Kier molecular flexibility index (Phi) is 4.14. The van der Waals surface area contributed by atoms with Crippen LogP contribution in [0.4, 0.5) is 0 Å². The van der Waals surface area contributed by atoms with Crippen molar-refractivity contribution in [2.45, 2.75) is 0 Å². The van der Waals surface area contributed by atoms with Gasteiger partial charge in [-0.15, -0.1) is 11.3 Å². The molecule has 0 saturated heterocycles. The molecule has 7 heteroatoms. The predicted molar refractivity (Wildman–Crippen MR) is 99.7 cm³/mol. The van der Waals surface area contributed by atoms with Crippen LogP contribution in [0.1, 0.15) is 9.67 Å². The number of hydrogen-bond donors (Lipinski definition) is 0. The predicted octanol–water partition coefficient (Wildman–Crippen LogP) is 4.28. The maximum absolute atomic E-state index is 11.7. The van der Waals surface area contributed by atoms with E-state index >= 15 is 0 Å². The van der Waals surface area contributed by atoms with Gasteiger partial charge in [0.05, 0.1) is 24.2 Å². The number of hydrogen-bond acceptors (Lipinski definition) is 6. The second-order valence-electron chi connectivity index (χ2n) is 5.68. The van der Waals surface area contributed by atoms with Crippen molar-refractivity contribution < 1.29 is 14.3 Å². The zero-order chi connectivity index (χ0) is 18.1. The molecule has 0 aliphatic heterocycles. The number of thiophene rings is 1. The molecule has 0 spiro atoms. The number of rotatable bonds is 4. The van der Waals surface area contributed by atoms with Crippen molar-refractivity contribution in [2.24, 2.45) is 7.05 Å². The van der Waals surface area contributed by atoms with E-state index in [0.717, 1.165) is 21.2 Å². The average molecular weight is 365 g/mol. The first-order valence-electron chi connectivity index (χ1n) is 7.87. The number of aryl methyl sites for hydroxylation is 1. The fourth-order valence-corrected chi connectivity index (χ4v) is 3.59. The van der Waals surface area contributed by atoms with Crippen LogP contribution in [0.2, 0.25) is 0 Å². The zero-order valence-electron chi connectivity index (χ0n) is 14.2. The summed E-state index contributed by atoms with van der Waals surface area (Å²) in [6, 6.07) is 9.52. The monoisotopic (exact) mass is 365 g/mol. The number of benzene rings is 1. The van der Waals surface area contributed by atoms with Gasteiger partial charge in [0.15, 0.2) is 5.75 Å². The molecule has 4 aromatic rings. The molecule has 1 aromatic carbocycles. The highest BCUT2D eigenvalue weighted by Gasteiger charge is 2.14. The van der Waals surface area contributed by atoms with Gasteiger partial charge in [0.25, 0.3) is 0 Å². The molecule has 0 aliphatic carbocycles. The van der Waals surface area contributed by atoms with Crippen molar-refractivity contribution in [3.05, 3.63) is 60.0 Å². The topological polar surface area (TPSA) is 66.2 Å². The van der Waals surface area contributed by atoms with Gasteiger partial charge in [0, 0.05) is 30.4 Å². The summed E-state index contributed by atoms with van der Waals surface area (Å²) in [6.45, 7) is 0. The Labute approximate surface area is 153 Å². The van der Waals surface area contributed by atoms with Crippen LogP contribution in [0.5, 0.6) is 11.5 Å². The standard InChI is InChI=1S/C19H15N3O3S/c1-22-11-13(8-21-22)12-3-5-14(6-4-12)25-16-9-20-10-18-15(16)7-17(26-18)19(23)24-2/h3-11H,1-2H3. The van der Waals surface area contributed by atoms with Gasteiger partial charge < -0.3 is 9.47 Å². The Bertz CT molecular complexity index is 1080. The first kappa shape index (κ1) is 16.3. The van der Waals surface area contributed by atoms with Crippen molar-refractivity contribution in [3.63, 3.8) is 0 Å². The van der Waals surface area contributed by atoms with E-state index in [0.29, 0.717) is 16.4 Å². The van der Waals surface area contributed by atoms with Gasteiger partial charge in [0.2, 0.25) is 0 Å². The minimum Gasteiger partial charge on any atom is -0.465 e. The lowest BCUT2D eigenvalue weighted by Crippen LogP contribution is -1.96. The quantitative estimate of drug-likeness (QED) is 0.505. The van der Waals surface area contributed by atoms with Gasteiger partial charge in [-0.2, -0.15) is 5.10 Å². The molecule has 26 heavy (non-hydrogen) atoms. The minimum absolute atomic E-state index is 0.363. The average Bonchev–Trinajstić information content (AvgIpc) is 3.28. The van der Waals surface area contributed by atoms with Gasteiger partial charge in [0.1, 0.15) is 10.6 Å². The SMILES string of the molecule is COC(=O)c1cc2c(Oc3ccc(-c4cnn(C)c4)cc3)cncc2s1. The maximum atomic E-state index is 11.7. The van der Waals surface area contributed by atoms with E-state index in [-0.39, 0.29) is 5.97 Å². The Balaban J connectivity index is 1.62. The third-order valence-corrected chi connectivity index (χ3v) is 4.97. The summed E-state index contributed by atoms with van der Waals surface area (Å²) in [7, 11) is 3.25. The molecule has 3 aromatic heterocycles. The van der Waals surface area contributed by atoms with E-state index < -0.39 is 0 Å². The number of pyridine rings is 1. The summed E-state index contributed by atoms with van der Waals surface area (Å²) < 4.78 is 13.4. The molecule has 0 aliphatic rings. The molecule has 0 N–H and O–H groups in total. The fourth-order valence-electron chi connectivity index (χ4n) is 2.63. The Morgan fingerprint density at radius 3 is 2.62 bits per heavy atom. The third-order valence-electron chi connectivity index (χ3n) is 3.92. The van der Waals surface area contributed by atoms with Crippen LogP contribution in [0, 0.1) is 0 Å². The van der Waals surface area contributed by atoms with Crippen LogP contribution in [-0.4, -0.2) is 27.8 Å². The first-order chi connectivity index (χ1) is 12.6. The van der Waals surface area contributed by atoms with Crippen LogP contribution in [-0.2, 0) is 11.8 Å². The molecule has 0 radical (unpaired) electrons. The van der Waals surface area contributed by atoms with E-state index in [1.54, 1.807) is 23.1 Å². The Hall–Kier alpha value is -3.19. The zero-order valence-corrected chi connectivity index (χ0v) is 15.0. The highest BCUT2D eigenvalue weighted by molar-refractivity contribution is 7.20. The normalized spacial score (nSPS) is 10.8. The molecule has 0 amide bonds. The highest BCUT2D eigenvalue weighted by Crippen LogP contribution is 2.35. The molecule has 130 valence electrons. The number of methoxy groups -OCH3 is 1. The molecule has 4 rings (SSSR count). The Morgan fingerprint density at radius 1 is 1.12 bits per heavy atom. The molecule has 0 fully saturated rings. The smallest absolute Gasteiger partial charge is 0.348 e. The van der Waals surface area contributed by atoms with Gasteiger partial charge in [-0.3, -0.25) is 9.67 Å². The van der Waals surface area contributed by atoms with Gasteiger partial charge >= 0.3 is 5.97 Å². The van der Waals surface area contributed by atoms with Crippen LogP contribution >= 0.6 is 11.3 Å². The molecular formula is C19H15N3O3S. The van der Waals surface area contributed by atoms with Crippen molar-refractivity contribution >= 4 is 27.4 Å². The number of carbonyl (C=O) groups excluding carboxylic acids is 1. The van der Waals surface area contributed by atoms with Crippen molar-refractivity contribution in [1.29, 1.82) is 0 Å². The lowest BCUT2D eigenvalue weighted by Gasteiger charge is -2.07. The van der Waals surface area contributed by atoms with Crippen molar-refractivity contribution in [3.8, 4) is 22.6 Å². The lowest BCUT2D eigenvalue weighted by molar-refractivity contribution is 0.0606. The summed E-state index contributed by atoms with van der Waals surface area (Å²) in [5.74, 6) is 0.929. The van der Waals surface area contributed by atoms with Crippen molar-refractivity contribution in [2.75, 3.05) is 7.11 Å². The first-order valence-corrected chi connectivity index (χ1v) is 8.68. The van der Waals surface area contributed by atoms with E-state index in [1.165, 1.54) is 18.4 Å². The Morgan fingerprint density at radius 2 is 1.92 bits per heavy atom. The second kappa shape index (κ2) is 6.61. The van der Waals surface area contributed by atoms with Gasteiger partial charge in [-0.05, 0) is 23.8 Å². The fraction of sp³-hybridized carbons (Fsp3) is 0.105. The summed E-state index contributed by atoms with van der Waals surface area (Å²) in [5, 5.41) is 5.02. The van der Waals surface area contributed by atoms with Gasteiger partial charge in [-0.1, -0.05) is 12.1 Å². The number of ether oxygens (including phenoxy) is 2. The van der Waals surface area contributed by atoms with E-state index in [9.17, 15) is 4.79 Å². The molecule has 0 unspecified atom stereocenters. The molecule has 3 heterocycles. The molecule has 6 nitrogen and oxygen atoms in total. The highest BCUT2D eigenvalue weighted by atomic mass is 32.1. The largest absolute Gasteiger partial charge is 0.465 e. The van der Waals surface area contributed by atoms with Crippen molar-refractivity contribution in [1.82, 2.24) is 14.8 Å². The number of nitrogens with zero attached hydrogens (tertiary/aromatic N) is 3. The summed E-state index contributed by atoms with van der Waals surface area (Å²) in [6.07, 6.45) is 7.14. The molecular weight excluding hydrogens is 350 g/mol.